The maximum atomic E-state index is 5.26. The Bertz CT molecular complexity index is 485. The summed E-state index contributed by atoms with van der Waals surface area (Å²) in [5.74, 6) is 0.913. The third-order valence-electron chi connectivity index (χ3n) is 4.25. The molecule has 0 amide bonds. The number of thiophene rings is 1. The number of hydrogen-bond acceptors (Lipinski definition) is 3. The zero-order chi connectivity index (χ0) is 15.8. The molecular weight excluding hydrogens is 362 g/mol. The van der Waals surface area contributed by atoms with Crippen LogP contribution in [-0.2, 0) is 11.3 Å². The van der Waals surface area contributed by atoms with Gasteiger partial charge in [-0.1, -0.05) is 6.42 Å². The molecule has 6 heteroatoms. The summed E-state index contributed by atoms with van der Waals surface area (Å²) in [6.45, 7) is 5.53. The van der Waals surface area contributed by atoms with E-state index in [0.29, 0.717) is 5.41 Å². The van der Waals surface area contributed by atoms with Crippen LogP contribution >= 0.6 is 27.3 Å². The zero-order valence-corrected chi connectivity index (χ0v) is 15.9. The van der Waals surface area contributed by atoms with Crippen molar-refractivity contribution in [2.24, 2.45) is 10.4 Å². The molecule has 22 heavy (non-hydrogen) atoms. The normalized spacial score (nSPS) is 17.1. The van der Waals surface area contributed by atoms with Crippen molar-refractivity contribution in [2.45, 2.75) is 39.2 Å². The number of guanidine groups is 1. The second-order valence-corrected chi connectivity index (χ2v) is 8.40. The molecule has 0 saturated heterocycles. The molecule has 4 nitrogen and oxygen atoms in total. The highest BCUT2D eigenvalue weighted by atomic mass is 79.9. The highest BCUT2D eigenvalue weighted by molar-refractivity contribution is 9.11. The highest BCUT2D eigenvalue weighted by Crippen LogP contribution is 2.43. The lowest BCUT2D eigenvalue weighted by Gasteiger charge is -2.42. The molecule has 1 saturated carbocycles. The van der Waals surface area contributed by atoms with E-state index < -0.39 is 0 Å². The van der Waals surface area contributed by atoms with Crippen LogP contribution in [0.15, 0.2) is 20.9 Å². The third kappa shape index (κ3) is 5.25. The predicted molar refractivity (Wildman–Crippen MR) is 97.6 cm³/mol. The highest BCUT2D eigenvalue weighted by Gasteiger charge is 2.36. The molecule has 2 rings (SSSR count). The average molecular weight is 388 g/mol. The Kier molecular flexibility index (Phi) is 7.18. The van der Waals surface area contributed by atoms with Crippen LogP contribution in [0, 0.1) is 5.41 Å². The number of hydrogen-bond donors (Lipinski definition) is 2. The fourth-order valence-electron chi connectivity index (χ4n) is 2.72. The molecule has 0 aliphatic heterocycles. The minimum Gasteiger partial charge on any atom is -0.385 e. The van der Waals surface area contributed by atoms with Crippen molar-refractivity contribution in [2.75, 3.05) is 26.8 Å². The van der Waals surface area contributed by atoms with Gasteiger partial charge in [-0.2, -0.15) is 0 Å². The Hall–Kier alpha value is -0.590. The second-order valence-electron chi connectivity index (χ2n) is 5.85. The Morgan fingerprint density at radius 2 is 2.23 bits per heavy atom. The minimum atomic E-state index is 0.401. The molecule has 1 aliphatic rings. The summed E-state index contributed by atoms with van der Waals surface area (Å²) in [5, 5.41) is 6.86. The first-order valence-electron chi connectivity index (χ1n) is 7.93. The van der Waals surface area contributed by atoms with Gasteiger partial charge in [-0.3, -0.25) is 0 Å². The molecule has 0 atom stereocenters. The van der Waals surface area contributed by atoms with Crippen molar-refractivity contribution in [3.05, 3.63) is 20.8 Å². The van der Waals surface area contributed by atoms with Gasteiger partial charge in [0.25, 0.3) is 0 Å². The smallest absolute Gasteiger partial charge is 0.191 e. The van der Waals surface area contributed by atoms with Gasteiger partial charge >= 0.3 is 0 Å². The lowest BCUT2D eigenvalue weighted by atomic mass is 9.67. The summed E-state index contributed by atoms with van der Waals surface area (Å²) in [5.41, 5.74) is 0.401. The number of halogens is 1. The molecule has 1 aliphatic carbocycles. The van der Waals surface area contributed by atoms with Gasteiger partial charge in [-0.25, -0.2) is 4.99 Å². The molecule has 0 unspecified atom stereocenters. The molecule has 0 aromatic carbocycles. The van der Waals surface area contributed by atoms with Crippen molar-refractivity contribution >= 4 is 33.2 Å². The topological polar surface area (TPSA) is 45.7 Å². The van der Waals surface area contributed by atoms with Crippen LogP contribution in [0.5, 0.6) is 0 Å². The van der Waals surface area contributed by atoms with E-state index in [4.69, 9.17) is 9.73 Å². The first-order chi connectivity index (χ1) is 10.7. The van der Waals surface area contributed by atoms with E-state index in [1.165, 1.54) is 24.1 Å². The molecule has 0 bridgehead atoms. The van der Waals surface area contributed by atoms with Crippen LogP contribution in [0.3, 0.4) is 0 Å². The Labute approximate surface area is 145 Å². The quantitative estimate of drug-likeness (QED) is 0.526. The molecule has 1 heterocycles. The Morgan fingerprint density at radius 1 is 1.41 bits per heavy atom. The fourth-order valence-corrected chi connectivity index (χ4v) is 4.12. The van der Waals surface area contributed by atoms with E-state index in [2.05, 4.69) is 45.6 Å². The lowest BCUT2D eigenvalue weighted by Crippen LogP contribution is -2.46. The van der Waals surface area contributed by atoms with Gasteiger partial charge in [0.15, 0.2) is 5.96 Å². The number of methoxy groups -OCH3 is 1. The van der Waals surface area contributed by atoms with Crippen molar-refractivity contribution in [1.82, 2.24) is 10.6 Å². The molecule has 1 aromatic rings. The van der Waals surface area contributed by atoms with Crippen LogP contribution in [0.1, 0.15) is 37.5 Å². The van der Waals surface area contributed by atoms with Crippen LogP contribution in [-0.4, -0.2) is 32.8 Å². The van der Waals surface area contributed by atoms with E-state index in [9.17, 15) is 0 Å². The lowest BCUT2D eigenvalue weighted by molar-refractivity contribution is 0.0732. The van der Waals surface area contributed by atoms with E-state index in [-0.39, 0.29) is 0 Å². The number of nitrogens with one attached hydrogen (secondary N) is 2. The summed E-state index contributed by atoms with van der Waals surface area (Å²) >= 11 is 5.23. The maximum absolute atomic E-state index is 5.26. The monoisotopic (exact) mass is 387 g/mol. The molecular formula is C16H26BrN3OS. The molecule has 1 fully saturated rings. The molecule has 2 N–H and O–H groups in total. The van der Waals surface area contributed by atoms with Gasteiger partial charge < -0.3 is 15.4 Å². The Morgan fingerprint density at radius 3 is 2.77 bits per heavy atom. The Balaban J connectivity index is 1.87. The summed E-state index contributed by atoms with van der Waals surface area (Å²) in [4.78, 5) is 5.96. The summed E-state index contributed by atoms with van der Waals surface area (Å²) in [6, 6.07) is 4.19. The van der Waals surface area contributed by atoms with E-state index >= 15 is 0 Å². The van der Waals surface area contributed by atoms with Crippen molar-refractivity contribution in [1.29, 1.82) is 0 Å². The van der Waals surface area contributed by atoms with Crippen LogP contribution in [0.2, 0.25) is 0 Å². The number of nitrogens with zero attached hydrogens (tertiary/aromatic N) is 1. The van der Waals surface area contributed by atoms with Gasteiger partial charge in [0.1, 0.15) is 0 Å². The van der Waals surface area contributed by atoms with Gasteiger partial charge in [0, 0.05) is 31.7 Å². The summed E-state index contributed by atoms with van der Waals surface area (Å²) < 4.78 is 6.41. The second kappa shape index (κ2) is 8.89. The van der Waals surface area contributed by atoms with Gasteiger partial charge in [0.05, 0.1) is 10.3 Å². The van der Waals surface area contributed by atoms with E-state index in [1.54, 1.807) is 18.4 Å². The van der Waals surface area contributed by atoms with Gasteiger partial charge in [-0.15, -0.1) is 11.3 Å². The van der Waals surface area contributed by atoms with Crippen LogP contribution in [0.4, 0.5) is 0 Å². The molecule has 1 aromatic heterocycles. The van der Waals surface area contributed by atoms with Gasteiger partial charge in [-0.05, 0) is 59.7 Å². The summed E-state index contributed by atoms with van der Waals surface area (Å²) in [7, 11) is 1.78. The standard InChI is InChI=1S/C16H26BrN3OS/c1-3-18-15(19-11-13-5-6-14(17)22-13)20-12-16(7-4-8-16)9-10-21-2/h5-6H,3-4,7-12H2,1-2H3,(H2,18,19,20). The number of ether oxygens (including phenoxy) is 1. The van der Waals surface area contributed by atoms with Crippen molar-refractivity contribution in [3.8, 4) is 0 Å². The van der Waals surface area contributed by atoms with Crippen molar-refractivity contribution < 1.29 is 4.74 Å². The first kappa shape index (κ1) is 17.8. The number of rotatable bonds is 8. The van der Waals surface area contributed by atoms with Gasteiger partial charge in [0.2, 0.25) is 0 Å². The predicted octanol–water partition coefficient (Wildman–Crippen LogP) is 3.77. The van der Waals surface area contributed by atoms with Crippen LogP contribution in [0.25, 0.3) is 0 Å². The van der Waals surface area contributed by atoms with E-state index in [0.717, 1.165) is 42.4 Å². The molecule has 0 spiro atoms. The first-order valence-corrected chi connectivity index (χ1v) is 9.54. The average Bonchev–Trinajstić information content (AvgIpc) is 2.88. The zero-order valence-electron chi connectivity index (χ0n) is 13.5. The van der Waals surface area contributed by atoms with E-state index in [1.807, 2.05) is 0 Å². The molecule has 0 radical (unpaired) electrons. The van der Waals surface area contributed by atoms with Crippen molar-refractivity contribution in [3.63, 3.8) is 0 Å². The number of aliphatic imine (C=N–C) groups is 1. The fraction of sp³-hybridized carbons (Fsp3) is 0.688. The maximum Gasteiger partial charge on any atom is 0.191 e. The molecule has 124 valence electrons. The van der Waals surface area contributed by atoms with Crippen LogP contribution < -0.4 is 10.6 Å². The largest absolute Gasteiger partial charge is 0.385 e. The third-order valence-corrected chi connectivity index (χ3v) is 5.86. The minimum absolute atomic E-state index is 0.401. The summed E-state index contributed by atoms with van der Waals surface area (Å²) in [6.07, 6.45) is 5.05. The SMILES string of the molecule is CCNC(=NCc1ccc(Br)s1)NCC1(CCOC)CCC1.